The SMILES string of the molecule is CC(O)C1CCN(C(=O)[C@@H]2CC[C@H](CN)O2)CC1.Cl. The van der Waals surface area contributed by atoms with E-state index in [1.54, 1.807) is 0 Å². The fourth-order valence-corrected chi connectivity index (χ4v) is 2.87. The topological polar surface area (TPSA) is 75.8 Å². The highest BCUT2D eigenvalue weighted by Gasteiger charge is 2.34. The van der Waals surface area contributed by atoms with Gasteiger partial charge in [0.2, 0.25) is 0 Å². The predicted molar refractivity (Wildman–Crippen MR) is 75.2 cm³/mol. The van der Waals surface area contributed by atoms with Crippen molar-refractivity contribution in [3.05, 3.63) is 0 Å². The molecule has 2 aliphatic heterocycles. The number of aliphatic hydroxyl groups excluding tert-OH is 1. The molecule has 0 spiro atoms. The maximum absolute atomic E-state index is 12.2. The van der Waals surface area contributed by atoms with Gasteiger partial charge in [-0.05, 0) is 38.5 Å². The molecule has 2 heterocycles. The summed E-state index contributed by atoms with van der Waals surface area (Å²) in [5.74, 6) is 0.435. The highest BCUT2D eigenvalue weighted by molar-refractivity contribution is 5.85. The lowest BCUT2D eigenvalue weighted by Gasteiger charge is -2.34. The Morgan fingerprint density at radius 3 is 2.47 bits per heavy atom. The number of carbonyl (C=O) groups is 1. The second-order valence-corrected chi connectivity index (χ2v) is 5.46. The van der Waals surface area contributed by atoms with Gasteiger partial charge in [-0.15, -0.1) is 12.4 Å². The highest BCUT2D eigenvalue weighted by atomic mass is 35.5. The van der Waals surface area contributed by atoms with Gasteiger partial charge in [0.05, 0.1) is 12.2 Å². The smallest absolute Gasteiger partial charge is 0.251 e. The van der Waals surface area contributed by atoms with E-state index in [2.05, 4.69) is 0 Å². The molecule has 0 radical (unpaired) electrons. The number of amides is 1. The van der Waals surface area contributed by atoms with Gasteiger partial charge in [0, 0.05) is 19.6 Å². The summed E-state index contributed by atoms with van der Waals surface area (Å²) in [7, 11) is 0. The number of likely N-dealkylation sites (tertiary alicyclic amines) is 1. The van der Waals surface area contributed by atoms with Crippen LogP contribution in [0.4, 0.5) is 0 Å². The average molecular weight is 293 g/mol. The maximum atomic E-state index is 12.2. The van der Waals surface area contributed by atoms with Gasteiger partial charge >= 0.3 is 0 Å². The van der Waals surface area contributed by atoms with Crippen molar-refractivity contribution in [2.45, 2.75) is 50.9 Å². The molecule has 0 bridgehead atoms. The standard InChI is InChI=1S/C13H24N2O3.ClH/c1-9(16)10-4-6-15(7-5-10)13(17)12-3-2-11(8-14)18-12;/h9-12,16H,2-8,14H2,1H3;1H/t9?,11-,12+;/m1./s1. The van der Waals surface area contributed by atoms with Crippen molar-refractivity contribution in [1.29, 1.82) is 0 Å². The lowest BCUT2D eigenvalue weighted by atomic mass is 9.92. The number of piperidine rings is 1. The third-order valence-corrected chi connectivity index (χ3v) is 4.18. The first-order valence-electron chi connectivity index (χ1n) is 6.94. The van der Waals surface area contributed by atoms with Crippen molar-refractivity contribution in [3.8, 4) is 0 Å². The molecular formula is C13H25ClN2O3. The monoisotopic (exact) mass is 292 g/mol. The molecule has 3 atom stereocenters. The third kappa shape index (κ3) is 4.05. The van der Waals surface area contributed by atoms with Gasteiger partial charge in [-0.2, -0.15) is 0 Å². The fourth-order valence-electron chi connectivity index (χ4n) is 2.87. The van der Waals surface area contributed by atoms with Gasteiger partial charge < -0.3 is 20.5 Å². The van der Waals surface area contributed by atoms with E-state index in [1.165, 1.54) is 0 Å². The summed E-state index contributed by atoms with van der Waals surface area (Å²) in [5, 5.41) is 9.54. The van der Waals surface area contributed by atoms with Gasteiger partial charge in [-0.1, -0.05) is 0 Å². The predicted octanol–water partition coefficient (Wildman–Crippen LogP) is 0.534. The molecule has 0 aromatic carbocycles. The molecule has 1 unspecified atom stereocenters. The molecule has 2 fully saturated rings. The molecule has 1 amide bonds. The molecule has 0 aliphatic carbocycles. The molecule has 5 nitrogen and oxygen atoms in total. The van der Waals surface area contributed by atoms with Gasteiger partial charge in [0.1, 0.15) is 6.10 Å². The van der Waals surface area contributed by atoms with Crippen molar-refractivity contribution >= 4 is 18.3 Å². The van der Waals surface area contributed by atoms with Crippen molar-refractivity contribution < 1.29 is 14.6 Å². The minimum atomic E-state index is -0.290. The number of carbonyl (C=O) groups excluding carboxylic acids is 1. The van der Waals surface area contributed by atoms with Crippen LogP contribution in [0.2, 0.25) is 0 Å². The quantitative estimate of drug-likeness (QED) is 0.796. The molecule has 0 aromatic rings. The Kier molecular flexibility index (Phi) is 6.53. The molecule has 2 rings (SSSR count). The molecule has 2 aliphatic rings. The summed E-state index contributed by atoms with van der Waals surface area (Å²) in [6.07, 6.45) is 2.93. The largest absolute Gasteiger partial charge is 0.393 e. The van der Waals surface area contributed by atoms with E-state index in [9.17, 15) is 9.90 Å². The van der Waals surface area contributed by atoms with Crippen LogP contribution in [0.25, 0.3) is 0 Å². The number of nitrogens with zero attached hydrogens (tertiary/aromatic N) is 1. The van der Waals surface area contributed by atoms with Crippen LogP contribution in [0.15, 0.2) is 0 Å². The number of hydrogen-bond donors (Lipinski definition) is 2. The Bertz CT molecular complexity index is 294. The Balaban J connectivity index is 0.00000180. The number of aliphatic hydroxyl groups is 1. The summed E-state index contributed by atoms with van der Waals surface area (Å²) in [6, 6.07) is 0. The maximum Gasteiger partial charge on any atom is 0.251 e. The van der Waals surface area contributed by atoms with E-state index < -0.39 is 0 Å². The van der Waals surface area contributed by atoms with Crippen molar-refractivity contribution in [2.24, 2.45) is 11.7 Å². The molecular weight excluding hydrogens is 268 g/mol. The van der Waals surface area contributed by atoms with Crippen LogP contribution in [0.3, 0.4) is 0 Å². The highest BCUT2D eigenvalue weighted by Crippen LogP contribution is 2.25. The Labute approximate surface area is 120 Å². The van der Waals surface area contributed by atoms with Gasteiger partial charge in [-0.3, -0.25) is 4.79 Å². The number of hydrogen-bond acceptors (Lipinski definition) is 4. The van der Waals surface area contributed by atoms with Gasteiger partial charge in [0.25, 0.3) is 5.91 Å². The number of halogens is 1. The summed E-state index contributed by atoms with van der Waals surface area (Å²) >= 11 is 0. The Hall–Kier alpha value is -0.360. The van der Waals surface area contributed by atoms with E-state index in [0.29, 0.717) is 12.5 Å². The Morgan fingerprint density at radius 2 is 2.00 bits per heavy atom. The zero-order chi connectivity index (χ0) is 13.1. The molecule has 6 heteroatoms. The molecule has 112 valence electrons. The Morgan fingerprint density at radius 1 is 1.37 bits per heavy atom. The fraction of sp³-hybridized carbons (Fsp3) is 0.923. The molecule has 3 N–H and O–H groups in total. The lowest BCUT2D eigenvalue weighted by Crippen LogP contribution is -2.45. The van der Waals surface area contributed by atoms with Crippen LogP contribution >= 0.6 is 12.4 Å². The number of ether oxygens (including phenoxy) is 1. The number of rotatable bonds is 3. The summed E-state index contributed by atoms with van der Waals surface area (Å²) in [4.78, 5) is 14.1. The molecule has 0 aromatic heterocycles. The summed E-state index contributed by atoms with van der Waals surface area (Å²) in [6.45, 7) is 3.80. The zero-order valence-corrected chi connectivity index (χ0v) is 12.3. The normalized spacial score (nSPS) is 29.9. The van der Waals surface area contributed by atoms with Crippen molar-refractivity contribution in [3.63, 3.8) is 0 Å². The van der Waals surface area contributed by atoms with Crippen LogP contribution in [0, 0.1) is 5.92 Å². The van der Waals surface area contributed by atoms with E-state index >= 15 is 0 Å². The minimum Gasteiger partial charge on any atom is -0.393 e. The van der Waals surface area contributed by atoms with Crippen LogP contribution in [0.1, 0.15) is 32.6 Å². The van der Waals surface area contributed by atoms with Crippen LogP contribution < -0.4 is 5.73 Å². The van der Waals surface area contributed by atoms with E-state index in [1.807, 2.05) is 11.8 Å². The van der Waals surface area contributed by atoms with Gasteiger partial charge in [0.15, 0.2) is 0 Å². The zero-order valence-electron chi connectivity index (χ0n) is 11.5. The van der Waals surface area contributed by atoms with Crippen molar-refractivity contribution in [1.82, 2.24) is 4.90 Å². The lowest BCUT2D eigenvalue weighted by molar-refractivity contribution is -0.144. The first kappa shape index (κ1) is 16.7. The van der Waals surface area contributed by atoms with Crippen LogP contribution in [0.5, 0.6) is 0 Å². The van der Waals surface area contributed by atoms with Crippen LogP contribution in [-0.2, 0) is 9.53 Å². The average Bonchev–Trinajstić information content (AvgIpc) is 2.86. The van der Waals surface area contributed by atoms with Gasteiger partial charge in [-0.25, -0.2) is 0 Å². The van der Waals surface area contributed by atoms with E-state index in [0.717, 1.165) is 38.8 Å². The first-order chi connectivity index (χ1) is 8.61. The van der Waals surface area contributed by atoms with E-state index in [-0.39, 0.29) is 36.6 Å². The third-order valence-electron chi connectivity index (χ3n) is 4.18. The van der Waals surface area contributed by atoms with Crippen molar-refractivity contribution in [2.75, 3.05) is 19.6 Å². The minimum absolute atomic E-state index is 0. The second kappa shape index (κ2) is 7.43. The van der Waals surface area contributed by atoms with E-state index in [4.69, 9.17) is 10.5 Å². The summed E-state index contributed by atoms with van der Waals surface area (Å²) < 4.78 is 5.63. The number of nitrogens with two attached hydrogens (primary N) is 1. The second-order valence-electron chi connectivity index (χ2n) is 5.46. The molecule has 0 saturated carbocycles. The first-order valence-corrected chi connectivity index (χ1v) is 6.94. The molecule has 2 saturated heterocycles. The molecule has 19 heavy (non-hydrogen) atoms. The summed E-state index contributed by atoms with van der Waals surface area (Å²) in [5.41, 5.74) is 5.55. The van der Waals surface area contributed by atoms with Crippen LogP contribution in [-0.4, -0.2) is 53.9 Å².